The zero-order valence-electron chi connectivity index (χ0n) is 13.2. The van der Waals surface area contributed by atoms with Crippen LogP contribution in [0.15, 0.2) is 18.2 Å². The summed E-state index contributed by atoms with van der Waals surface area (Å²) in [4.78, 5) is 12.0. The molecule has 1 aromatic rings. The van der Waals surface area contributed by atoms with Crippen LogP contribution in [0.5, 0.6) is 5.75 Å². The fourth-order valence-corrected chi connectivity index (χ4v) is 2.12. The summed E-state index contributed by atoms with van der Waals surface area (Å²) in [6, 6.07) is 4.99. The molecule has 0 saturated carbocycles. The van der Waals surface area contributed by atoms with Crippen molar-refractivity contribution in [3.05, 3.63) is 23.8 Å². The predicted octanol–water partition coefficient (Wildman–Crippen LogP) is 4.18. The molecular weight excluding hydrogens is 266 g/mol. The van der Waals surface area contributed by atoms with Crippen LogP contribution in [-0.2, 0) is 4.74 Å². The van der Waals surface area contributed by atoms with Crippen LogP contribution in [0.3, 0.4) is 0 Å². The zero-order valence-corrected chi connectivity index (χ0v) is 13.2. The van der Waals surface area contributed by atoms with E-state index in [2.05, 4.69) is 6.92 Å². The number of carbonyl (C=O) groups excluding carboxylic acids is 1. The highest BCUT2D eigenvalue weighted by molar-refractivity contribution is 5.91. The second-order valence-electron chi connectivity index (χ2n) is 5.13. The Morgan fingerprint density at radius 3 is 2.48 bits per heavy atom. The van der Waals surface area contributed by atoms with Gasteiger partial charge in [-0.3, -0.25) is 0 Å². The molecule has 21 heavy (non-hydrogen) atoms. The first-order chi connectivity index (χ1) is 10.2. The molecule has 0 unspecified atom stereocenters. The highest BCUT2D eigenvalue weighted by Crippen LogP contribution is 2.19. The molecule has 0 radical (unpaired) electrons. The monoisotopic (exact) mass is 293 g/mol. The van der Waals surface area contributed by atoms with E-state index in [1.54, 1.807) is 18.2 Å². The summed E-state index contributed by atoms with van der Waals surface area (Å²) in [5.41, 5.74) is 6.72. The molecule has 0 aliphatic carbocycles. The molecule has 0 saturated heterocycles. The first-order valence-corrected chi connectivity index (χ1v) is 7.87. The van der Waals surface area contributed by atoms with E-state index in [4.69, 9.17) is 15.2 Å². The molecule has 0 aliphatic heterocycles. The van der Waals surface area contributed by atoms with Crippen molar-refractivity contribution in [3.8, 4) is 5.75 Å². The van der Waals surface area contributed by atoms with E-state index < -0.39 is 0 Å². The topological polar surface area (TPSA) is 61.5 Å². The lowest BCUT2D eigenvalue weighted by atomic mass is 10.1. The molecule has 0 spiro atoms. The van der Waals surface area contributed by atoms with Gasteiger partial charge in [-0.25, -0.2) is 4.79 Å². The second-order valence-corrected chi connectivity index (χ2v) is 5.13. The molecule has 0 aromatic heterocycles. The van der Waals surface area contributed by atoms with Crippen molar-refractivity contribution in [2.75, 3.05) is 18.9 Å². The van der Waals surface area contributed by atoms with Gasteiger partial charge in [0, 0.05) is 11.8 Å². The van der Waals surface area contributed by atoms with Crippen molar-refractivity contribution < 1.29 is 14.3 Å². The molecule has 0 atom stereocenters. The van der Waals surface area contributed by atoms with Gasteiger partial charge in [0.25, 0.3) is 0 Å². The van der Waals surface area contributed by atoms with Crippen LogP contribution >= 0.6 is 0 Å². The average molecular weight is 293 g/mol. The minimum absolute atomic E-state index is 0.336. The van der Waals surface area contributed by atoms with Gasteiger partial charge in [0.1, 0.15) is 5.75 Å². The van der Waals surface area contributed by atoms with E-state index in [1.165, 1.54) is 25.7 Å². The molecule has 0 amide bonds. The van der Waals surface area contributed by atoms with E-state index in [1.807, 2.05) is 6.92 Å². The maximum atomic E-state index is 12.0. The van der Waals surface area contributed by atoms with Crippen LogP contribution in [0.25, 0.3) is 0 Å². The lowest BCUT2D eigenvalue weighted by Crippen LogP contribution is -2.07. The molecule has 0 fully saturated rings. The van der Waals surface area contributed by atoms with E-state index in [9.17, 15) is 4.79 Å². The largest absolute Gasteiger partial charge is 0.494 e. The lowest BCUT2D eigenvalue weighted by Gasteiger charge is -2.08. The standard InChI is InChI=1S/C17H27NO3/c1-3-5-6-7-8-9-10-21-17(19)14-11-15(18)13-16(12-14)20-4-2/h11-13H,3-10,18H2,1-2H3. The Morgan fingerprint density at radius 1 is 1.05 bits per heavy atom. The van der Waals surface area contributed by atoms with Gasteiger partial charge in [-0.15, -0.1) is 0 Å². The third-order valence-corrected chi connectivity index (χ3v) is 3.21. The minimum atomic E-state index is -0.336. The Hall–Kier alpha value is -1.71. The first-order valence-electron chi connectivity index (χ1n) is 7.87. The number of rotatable bonds is 10. The lowest BCUT2D eigenvalue weighted by molar-refractivity contribution is 0.0497. The maximum Gasteiger partial charge on any atom is 0.338 e. The summed E-state index contributed by atoms with van der Waals surface area (Å²) in [5.74, 6) is 0.265. The van der Waals surface area contributed by atoms with Crippen molar-refractivity contribution in [1.29, 1.82) is 0 Å². The third kappa shape index (κ3) is 7.02. The molecule has 0 bridgehead atoms. The molecule has 1 rings (SSSR count). The highest BCUT2D eigenvalue weighted by atomic mass is 16.5. The number of esters is 1. The quantitative estimate of drug-likeness (QED) is 0.399. The number of benzene rings is 1. The fraction of sp³-hybridized carbons (Fsp3) is 0.588. The molecule has 118 valence electrons. The zero-order chi connectivity index (χ0) is 15.5. The third-order valence-electron chi connectivity index (χ3n) is 3.21. The Labute approximate surface area is 127 Å². The number of nitrogens with two attached hydrogens (primary N) is 1. The van der Waals surface area contributed by atoms with Crippen molar-refractivity contribution in [3.63, 3.8) is 0 Å². The van der Waals surface area contributed by atoms with Crippen molar-refractivity contribution in [2.45, 2.75) is 52.4 Å². The molecule has 4 nitrogen and oxygen atoms in total. The SMILES string of the molecule is CCCCCCCCOC(=O)c1cc(N)cc(OCC)c1. The average Bonchev–Trinajstić information content (AvgIpc) is 2.46. The second kappa shape index (κ2) is 10.1. The Morgan fingerprint density at radius 2 is 1.76 bits per heavy atom. The van der Waals surface area contributed by atoms with E-state index in [0.29, 0.717) is 30.2 Å². The summed E-state index contributed by atoms with van der Waals surface area (Å²) in [5, 5.41) is 0. The Balaban J connectivity index is 2.34. The highest BCUT2D eigenvalue weighted by Gasteiger charge is 2.09. The Kier molecular flexibility index (Phi) is 8.32. The summed E-state index contributed by atoms with van der Waals surface area (Å²) >= 11 is 0. The van der Waals surface area contributed by atoms with Crippen LogP contribution in [-0.4, -0.2) is 19.2 Å². The van der Waals surface area contributed by atoms with Crippen LogP contribution in [0.1, 0.15) is 62.7 Å². The summed E-state index contributed by atoms with van der Waals surface area (Å²) < 4.78 is 10.6. The van der Waals surface area contributed by atoms with Gasteiger partial charge < -0.3 is 15.2 Å². The molecule has 2 N–H and O–H groups in total. The van der Waals surface area contributed by atoms with Crippen molar-refractivity contribution >= 4 is 11.7 Å². The number of nitrogen functional groups attached to an aromatic ring is 1. The van der Waals surface area contributed by atoms with Gasteiger partial charge in [0.05, 0.1) is 18.8 Å². The molecule has 1 aromatic carbocycles. The van der Waals surface area contributed by atoms with Gasteiger partial charge in [-0.2, -0.15) is 0 Å². The number of carbonyl (C=O) groups is 1. The number of hydrogen-bond donors (Lipinski definition) is 1. The van der Waals surface area contributed by atoms with Gasteiger partial charge in [-0.1, -0.05) is 39.0 Å². The molecular formula is C17H27NO3. The Bertz CT molecular complexity index is 432. The summed E-state index contributed by atoms with van der Waals surface area (Å²) in [7, 11) is 0. The smallest absolute Gasteiger partial charge is 0.338 e. The summed E-state index contributed by atoms with van der Waals surface area (Å²) in [6.45, 7) is 5.09. The molecule has 0 heterocycles. The van der Waals surface area contributed by atoms with E-state index in [0.717, 1.165) is 12.8 Å². The van der Waals surface area contributed by atoms with Crippen molar-refractivity contribution in [2.24, 2.45) is 0 Å². The van der Waals surface area contributed by atoms with Crippen molar-refractivity contribution in [1.82, 2.24) is 0 Å². The molecule has 0 aliphatic rings. The van der Waals surface area contributed by atoms with Gasteiger partial charge in [-0.05, 0) is 25.5 Å². The maximum absolute atomic E-state index is 12.0. The van der Waals surface area contributed by atoms with Crippen LogP contribution < -0.4 is 10.5 Å². The minimum Gasteiger partial charge on any atom is -0.494 e. The van der Waals surface area contributed by atoms with Crippen LogP contribution in [0.2, 0.25) is 0 Å². The number of ether oxygens (including phenoxy) is 2. The molecule has 4 heteroatoms. The number of hydrogen-bond acceptors (Lipinski definition) is 4. The van der Waals surface area contributed by atoms with Crippen LogP contribution in [0.4, 0.5) is 5.69 Å². The normalized spacial score (nSPS) is 10.4. The number of unbranched alkanes of at least 4 members (excludes halogenated alkanes) is 5. The van der Waals surface area contributed by atoms with Crippen LogP contribution in [0, 0.1) is 0 Å². The van der Waals surface area contributed by atoms with E-state index >= 15 is 0 Å². The van der Waals surface area contributed by atoms with Gasteiger partial charge in [0.2, 0.25) is 0 Å². The van der Waals surface area contributed by atoms with E-state index in [-0.39, 0.29) is 5.97 Å². The fourth-order valence-electron chi connectivity index (χ4n) is 2.12. The van der Waals surface area contributed by atoms with Gasteiger partial charge >= 0.3 is 5.97 Å². The number of anilines is 1. The summed E-state index contributed by atoms with van der Waals surface area (Å²) in [6.07, 6.45) is 7.01. The van der Waals surface area contributed by atoms with Gasteiger partial charge in [0.15, 0.2) is 0 Å². The predicted molar refractivity (Wildman–Crippen MR) is 85.7 cm³/mol. The first kappa shape index (κ1) is 17.3.